The molecule has 1 aromatic heterocycles. The lowest BCUT2D eigenvalue weighted by molar-refractivity contribution is 0.0946. The molecule has 5 nitrogen and oxygen atoms in total. The van der Waals surface area contributed by atoms with Crippen LogP contribution in [-0.2, 0) is 0 Å². The number of aromatic nitrogens is 1. The van der Waals surface area contributed by atoms with Crippen molar-refractivity contribution in [3.63, 3.8) is 0 Å². The van der Waals surface area contributed by atoms with E-state index in [-0.39, 0.29) is 23.3 Å². The molecule has 2 N–H and O–H groups in total. The highest BCUT2D eigenvalue weighted by Crippen LogP contribution is 2.23. The molecule has 0 atom stereocenters. The van der Waals surface area contributed by atoms with E-state index < -0.39 is 5.91 Å². The second-order valence-corrected chi connectivity index (χ2v) is 6.14. The van der Waals surface area contributed by atoms with Gasteiger partial charge in [0.2, 0.25) is 0 Å². The van der Waals surface area contributed by atoms with Crippen LogP contribution in [0.15, 0.2) is 36.4 Å². The van der Waals surface area contributed by atoms with Gasteiger partial charge in [0.1, 0.15) is 11.4 Å². The molecule has 3 rings (SSSR count). The number of rotatable bonds is 4. The van der Waals surface area contributed by atoms with Crippen LogP contribution >= 0.6 is 23.2 Å². The zero-order chi connectivity index (χ0) is 16.4. The Hall–Kier alpha value is -2.11. The molecule has 118 valence electrons. The molecule has 23 heavy (non-hydrogen) atoms. The topological polar surface area (TPSA) is 71.1 Å². The monoisotopic (exact) mass is 349 g/mol. The van der Waals surface area contributed by atoms with Crippen molar-refractivity contribution >= 4 is 40.7 Å². The lowest BCUT2D eigenvalue weighted by atomic mass is 10.2. The molecule has 2 aromatic rings. The van der Waals surface area contributed by atoms with Crippen molar-refractivity contribution in [2.24, 2.45) is 0 Å². The quantitative estimate of drug-likeness (QED) is 0.886. The molecule has 1 heterocycles. The summed E-state index contributed by atoms with van der Waals surface area (Å²) in [7, 11) is 0. The zero-order valence-electron chi connectivity index (χ0n) is 12.0. The molecule has 0 spiro atoms. The normalized spacial score (nSPS) is 13.5. The minimum absolute atomic E-state index is 0.143. The number of halogens is 2. The van der Waals surface area contributed by atoms with Gasteiger partial charge in [-0.1, -0.05) is 29.3 Å². The number of carbonyl (C=O) groups is 2. The number of benzene rings is 1. The summed E-state index contributed by atoms with van der Waals surface area (Å²) in [6.07, 6.45) is 1.98. The molecule has 0 unspecified atom stereocenters. The van der Waals surface area contributed by atoms with Gasteiger partial charge in [0.15, 0.2) is 0 Å². The largest absolute Gasteiger partial charge is 0.348 e. The second-order valence-electron chi connectivity index (χ2n) is 5.27. The first-order chi connectivity index (χ1) is 11.0. The molecule has 0 saturated heterocycles. The minimum Gasteiger partial charge on any atom is -0.348 e. The number of anilines is 1. The van der Waals surface area contributed by atoms with Gasteiger partial charge in [0, 0.05) is 21.8 Å². The van der Waals surface area contributed by atoms with Crippen molar-refractivity contribution in [3.05, 3.63) is 57.8 Å². The number of hydrogen-bond acceptors (Lipinski definition) is 3. The Bertz CT molecular complexity index is 755. The van der Waals surface area contributed by atoms with Gasteiger partial charge in [-0.3, -0.25) is 9.59 Å². The summed E-state index contributed by atoms with van der Waals surface area (Å²) in [6.45, 7) is 0. The molecule has 0 radical (unpaired) electrons. The fraction of sp³-hybridized carbons (Fsp3) is 0.188. The van der Waals surface area contributed by atoms with Gasteiger partial charge < -0.3 is 10.6 Å². The van der Waals surface area contributed by atoms with E-state index in [9.17, 15) is 9.59 Å². The molecule has 1 fully saturated rings. The van der Waals surface area contributed by atoms with Crippen LogP contribution in [0.5, 0.6) is 0 Å². The van der Waals surface area contributed by atoms with Crippen molar-refractivity contribution in [1.29, 1.82) is 0 Å². The first-order valence-corrected chi connectivity index (χ1v) is 7.82. The molecule has 1 saturated carbocycles. The average molecular weight is 350 g/mol. The van der Waals surface area contributed by atoms with Crippen LogP contribution in [0.3, 0.4) is 0 Å². The van der Waals surface area contributed by atoms with Crippen LogP contribution in [0.1, 0.15) is 33.8 Å². The van der Waals surface area contributed by atoms with Crippen LogP contribution in [0.25, 0.3) is 0 Å². The van der Waals surface area contributed by atoms with Gasteiger partial charge in [-0.05, 0) is 43.2 Å². The van der Waals surface area contributed by atoms with Gasteiger partial charge in [-0.15, -0.1) is 0 Å². The molecular weight excluding hydrogens is 337 g/mol. The number of pyridine rings is 1. The summed E-state index contributed by atoms with van der Waals surface area (Å²) in [4.78, 5) is 28.3. The van der Waals surface area contributed by atoms with Crippen molar-refractivity contribution in [2.45, 2.75) is 18.9 Å². The van der Waals surface area contributed by atoms with E-state index in [2.05, 4.69) is 15.6 Å². The maximum absolute atomic E-state index is 12.3. The van der Waals surface area contributed by atoms with E-state index in [1.54, 1.807) is 30.3 Å². The molecule has 7 heteroatoms. The van der Waals surface area contributed by atoms with Gasteiger partial charge in [-0.2, -0.15) is 0 Å². The van der Waals surface area contributed by atoms with Crippen molar-refractivity contribution < 1.29 is 9.59 Å². The number of nitrogens with one attached hydrogen (secondary N) is 2. The third kappa shape index (κ3) is 4.21. The Morgan fingerprint density at radius 3 is 2.22 bits per heavy atom. The lowest BCUT2D eigenvalue weighted by Gasteiger charge is -2.07. The maximum Gasteiger partial charge on any atom is 0.274 e. The number of carbonyl (C=O) groups excluding carboxylic acids is 2. The SMILES string of the molecule is O=C(Nc1cc(Cl)cc(Cl)c1)c1cccc(C(=O)NC2CC2)n1. The van der Waals surface area contributed by atoms with Crippen molar-refractivity contribution in [1.82, 2.24) is 10.3 Å². The average Bonchev–Trinajstić information content (AvgIpc) is 3.30. The highest BCUT2D eigenvalue weighted by atomic mass is 35.5. The molecule has 1 aliphatic carbocycles. The third-order valence-corrected chi connectivity index (χ3v) is 3.68. The first kappa shape index (κ1) is 15.8. The number of amides is 2. The summed E-state index contributed by atoms with van der Waals surface area (Å²) in [6, 6.07) is 9.69. The zero-order valence-corrected chi connectivity index (χ0v) is 13.5. The Labute approximate surface area is 143 Å². The van der Waals surface area contributed by atoms with E-state index in [1.165, 1.54) is 6.07 Å². The smallest absolute Gasteiger partial charge is 0.274 e. The summed E-state index contributed by atoms with van der Waals surface area (Å²) in [5.41, 5.74) is 0.820. The molecule has 1 aliphatic rings. The number of hydrogen-bond donors (Lipinski definition) is 2. The van der Waals surface area contributed by atoms with Crippen LogP contribution in [0.4, 0.5) is 5.69 Å². The Morgan fingerprint density at radius 1 is 1.00 bits per heavy atom. The Morgan fingerprint density at radius 2 is 1.61 bits per heavy atom. The summed E-state index contributed by atoms with van der Waals surface area (Å²) < 4.78 is 0. The predicted molar refractivity (Wildman–Crippen MR) is 89.1 cm³/mol. The Kier molecular flexibility index (Phi) is 4.50. The fourth-order valence-corrected chi connectivity index (χ4v) is 2.52. The maximum atomic E-state index is 12.3. The summed E-state index contributed by atoms with van der Waals surface area (Å²) >= 11 is 11.8. The molecule has 2 amide bonds. The highest BCUT2D eigenvalue weighted by molar-refractivity contribution is 6.35. The van der Waals surface area contributed by atoms with Crippen LogP contribution in [-0.4, -0.2) is 22.8 Å². The Balaban J connectivity index is 1.75. The van der Waals surface area contributed by atoms with Crippen molar-refractivity contribution in [3.8, 4) is 0 Å². The van der Waals surface area contributed by atoms with E-state index in [1.807, 2.05) is 0 Å². The molecular formula is C16H13Cl2N3O2. The van der Waals surface area contributed by atoms with Gasteiger partial charge in [-0.25, -0.2) is 4.98 Å². The lowest BCUT2D eigenvalue weighted by Crippen LogP contribution is -2.27. The predicted octanol–water partition coefficient (Wildman–Crippen LogP) is 3.53. The van der Waals surface area contributed by atoms with Gasteiger partial charge in [0.25, 0.3) is 11.8 Å². The van der Waals surface area contributed by atoms with E-state index in [0.29, 0.717) is 15.7 Å². The van der Waals surface area contributed by atoms with E-state index in [4.69, 9.17) is 23.2 Å². The second kappa shape index (κ2) is 6.56. The fourth-order valence-electron chi connectivity index (χ4n) is 2.00. The minimum atomic E-state index is -0.440. The van der Waals surface area contributed by atoms with Gasteiger partial charge >= 0.3 is 0 Å². The van der Waals surface area contributed by atoms with Crippen LogP contribution < -0.4 is 10.6 Å². The molecule has 0 aliphatic heterocycles. The first-order valence-electron chi connectivity index (χ1n) is 7.06. The van der Waals surface area contributed by atoms with Crippen LogP contribution in [0.2, 0.25) is 10.0 Å². The van der Waals surface area contributed by atoms with Crippen LogP contribution in [0, 0.1) is 0 Å². The highest BCUT2D eigenvalue weighted by Gasteiger charge is 2.24. The molecule has 1 aromatic carbocycles. The van der Waals surface area contributed by atoms with E-state index >= 15 is 0 Å². The van der Waals surface area contributed by atoms with Crippen molar-refractivity contribution in [2.75, 3.05) is 5.32 Å². The third-order valence-electron chi connectivity index (χ3n) is 3.25. The van der Waals surface area contributed by atoms with E-state index in [0.717, 1.165) is 12.8 Å². The molecule has 0 bridgehead atoms. The summed E-state index contributed by atoms with van der Waals surface area (Å²) in [5.74, 6) is -0.711. The number of nitrogens with zero attached hydrogens (tertiary/aromatic N) is 1. The summed E-state index contributed by atoms with van der Waals surface area (Å²) in [5, 5.41) is 6.32. The standard InChI is InChI=1S/C16H13Cl2N3O2/c17-9-6-10(18)8-12(7-9)20-16(23)14-3-1-2-13(21-14)15(22)19-11-4-5-11/h1-3,6-8,11H,4-5H2,(H,19,22)(H,20,23). The van der Waals surface area contributed by atoms with Gasteiger partial charge in [0.05, 0.1) is 0 Å².